The van der Waals surface area contributed by atoms with Gasteiger partial charge in [0.1, 0.15) is 34.8 Å². The van der Waals surface area contributed by atoms with Crippen LogP contribution >= 0.6 is 0 Å². The van der Waals surface area contributed by atoms with Crippen LogP contribution in [0.5, 0.6) is 11.5 Å². The Morgan fingerprint density at radius 3 is 1.14 bits per heavy atom. The van der Waals surface area contributed by atoms with Crippen LogP contribution in [0.3, 0.4) is 0 Å². The summed E-state index contributed by atoms with van der Waals surface area (Å²) in [6, 6.07) is 28.7. The lowest BCUT2D eigenvalue weighted by Crippen LogP contribution is -2.30. The summed E-state index contributed by atoms with van der Waals surface area (Å²) >= 11 is 0. The molecule has 3 fully saturated rings. The predicted molar refractivity (Wildman–Crippen MR) is 393 cm³/mol. The molecule has 0 saturated carbocycles. The van der Waals surface area contributed by atoms with E-state index >= 15 is 0 Å². The number of aromatic nitrogens is 6. The highest BCUT2D eigenvalue weighted by Crippen LogP contribution is 2.39. The Balaban J connectivity index is 0.000000166. The van der Waals surface area contributed by atoms with Gasteiger partial charge in [-0.05, 0) is 200 Å². The molecule has 3 aromatic heterocycles. The highest BCUT2D eigenvalue weighted by atomic mass is 19.1. The topological polar surface area (TPSA) is 217 Å². The van der Waals surface area contributed by atoms with E-state index in [9.17, 15) is 37.1 Å². The fourth-order valence-electron chi connectivity index (χ4n) is 12.0. The summed E-state index contributed by atoms with van der Waals surface area (Å²) in [5.74, 6) is -0.934. The summed E-state index contributed by atoms with van der Waals surface area (Å²) in [5.41, 5.74) is 8.10. The molecule has 0 radical (unpaired) electrons. The number of nitrogens with zero attached hydrogens (tertiary/aromatic N) is 12. The van der Waals surface area contributed by atoms with Crippen molar-refractivity contribution in [2.75, 3.05) is 77.0 Å². The van der Waals surface area contributed by atoms with Crippen LogP contribution in [-0.4, -0.2) is 98.7 Å². The molecule has 9 aromatic rings. The van der Waals surface area contributed by atoms with E-state index in [-0.39, 0.29) is 93.8 Å². The fourth-order valence-corrected chi connectivity index (χ4v) is 12.0. The largest absolute Gasteiger partial charge is 0.506 e. The molecule has 3 aliphatic heterocycles. The molecule has 0 amide bonds. The van der Waals surface area contributed by atoms with Crippen LogP contribution in [0.25, 0.3) is 48.3 Å². The number of nitrogens with one attached hydrogen (secondary N) is 3. The van der Waals surface area contributed by atoms with Crippen molar-refractivity contribution in [3.8, 4) is 45.3 Å². The van der Waals surface area contributed by atoms with Crippen molar-refractivity contribution in [1.82, 2.24) is 29.9 Å². The first-order chi connectivity index (χ1) is 50.0. The maximum Gasteiger partial charge on any atom is 0.230 e. The molecular formula is C79H73F4N15O5. The van der Waals surface area contributed by atoms with Gasteiger partial charge in [0.15, 0.2) is 17.3 Å². The first-order valence-corrected chi connectivity index (χ1v) is 33.4. The second kappa shape index (κ2) is 34.9. The number of ether oxygens (including phenoxy) is 1. The number of carbonyl (C=O) groups excluding carboxylic acids is 3. The zero-order chi connectivity index (χ0) is 72.9. The van der Waals surface area contributed by atoms with Crippen molar-refractivity contribution in [3.05, 3.63) is 240 Å². The lowest BCUT2D eigenvalue weighted by molar-refractivity contribution is -0.114. The van der Waals surface area contributed by atoms with Crippen LogP contribution in [0.4, 0.5) is 86.6 Å². The summed E-state index contributed by atoms with van der Waals surface area (Å²) < 4.78 is 62.8. The second-order valence-corrected chi connectivity index (χ2v) is 24.4. The van der Waals surface area contributed by atoms with Crippen molar-refractivity contribution >= 4 is 86.4 Å². The maximum atomic E-state index is 14.5. The third kappa shape index (κ3) is 18.8. The van der Waals surface area contributed by atoms with Crippen LogP contribution in [-0.2, 0) is 33.6 Å². The number of phenols is 1. The van der Waals surface area contributed by atoms with E-state index < -0.39 is 17.5 Å². The number of aromatic hydroxyl groups is 1. The summed E-state index contributed by atoms with van der Waals surface area (Å²) in [7, 11) is 1.66. The first-order valence-electron chi connectivity index (χ1n) is 33.4. The summed E-state index contributed by atoms with van der Waals surface area (Å²) in [5, 5.41) is 19.8. The Morgan fingerprint density at radius 2 is 0.777 bits per heavy atom. The van der Waals surface area contributed by atoms with Crippen molar-refractivity contribution in [1.29, 1.82) is 0 Å². The van der Waals surface area contributed by atoms with Gasteiger partial charge >= 0.3 is 0 Å². The number of halogens is 4. The summed E-state index contributed by atoms with van der Waals surface area (Å²) in [6.45, 7) is 38.1. The number of carbonyl (C=O) groups is 3. The molecule has 3 saturated heterocycles. The van der Waals surface area contributed by atoms with Crippen LogP contribution < -0.4 is 35.4 Å². The van der Waals surface area contributed by atoms with Gasteiger partial charge in [0, 0.05) is 94.2 Å². The fraction of sp³-hybridized carbons (Fsp3) is 0.241. The molecule has 6 aromatic carbocycles. The number of allylic oxidation sites excluding steroid dienone is 3. The standard InChI is InChI=1S/C27H26FN5O2.C26H23F2N5O.C26H24FN5O2/c1-4-21(34)15-19-14-18(8-10-22(19)28)26-23(29-2)17-30-27(32-26)31-20-9-11-25(35-3)24(16-20)33-12-6-5-7-13-33;1-3-20(34)14-18-13-17(7-9-21(18)27)25-23(29-2)16-30-26(32-25)31-19-8-10-22(28)24(15-19)33-11-5-4-6-12-33;1-3-20(33)14-18-13-17(7-9-21(18)27)25-22(28-2)16-29-26(31-25)30-19-8-10-24(34)23(15-19)32-11-5-4-6-12-32/h4,8-11,14,16-17H,1,5-7,12-13,15H2,3H3,(H,30,31,32);3,7-10,13,15-16H,1,4-6,11-12,14H2,(H,30,31,32);3,7-10,13,15-16,34H,1,4-6,11-12,14H2,(H,29,30,31). The van der Waals surface area contributed by atoms with E-state index in [0.29, 0.717) is 56.8 Å². The highest BCUT2D eigenvalue weighted by Gasteiger charge is 2.23. The lowest BCUT2D eigenvalue weighted by atomic mass is 10.0. The van der Waals surface area contributed by atoms with E-state index in [4.69, 9.17) is 24.5 Å². The minimum atomic E-state index is -0.521. The molecule has 3 aliphatic rings. The van der Waals surface area contributed by atoms with Crippen molar-refractivity contribution in [3.63, 3.8) is 0 Å². The van der Waals surface area contributed by atoms with E-state index in [1.807, 2.05) is 29.2 Å². The Kier molecular flexibility index (Phi) is 24.8. The number of benzene rings is 6. The average Bonchev–Trinajstić information content (AvgIpc) is 0.813. The van der Waals surface area contributed by atoms with E-state index in [2.05, 4.69) is 89.9 Å². The quantitative estimate of drug-likeness (QED) is 0.0215. The van der Waals surface area contributed by atoms with Gasteiger partial charge in [-0.2, -0.15) is 0 Å². The smallest absolute Gasteiger partial charge is 0.230 e. The molecule has 0 aliphatic carbocycles. The van der Waals surface area contributed by atoms with Gasteiger partial charge in [-0.3, -0.25) is 14.4 Å². The number of rotatable bonds is 22. The number of hydrogen-bond donors (Lipinski definition) is 4. The molecule has 20 nitrogen and oxygen atoms in total. The molecule has 103 heavy (non-hydrogen) atoms. The van der Waals surface area contributed by atoms with Crippen LogP contribution in [0, 0.1) is 43.0 Å². The van der Waals surface area contributed by atoms with Crippen LogP contribution in [0.2, 0.25) is 0 Å². The van der Waals surface area contributed by atoms with Gasteiger partial charge in [0.25, 0.3) is 0 Å². The molecule has 0 spiro atoms. The van der Waals surface area contributed by atoms with Gasteiger partial charge in [0.05, 0.1) is 61.0 Å². The Bertz CT molecular complexity index is 4600. The molecule has 0 atom stereocenters. The van der Waals surface area contributed by atoms with E-state index in [0.717, 1.165) is 125 Å². The molecule has 4 N–H and O–H groups in total. The molecule has 6 heterocycles. The monoisotopic (exact) mass is 1390 g/mol. The molecule has 522 valence electrons. The molecule has 12 rings (SSSR count). The average molecular weight is 1390 g/mol. The van der Waals surface area contributed by atoms with Gasteiger partial charge in [-0.15, -0.1) is 0 Å². The van der Waals surface area contributed by atoms with Crippen molar-refractivity contribution in [2.24, 2.45) is 0 Å². The second-order valence-electron chi connectivity index (χ2n) is 24.4. The number of ketones is 3. The number of hydrogen-bond acceptors (Lipinski definition) is 17. The number of piperidine rings is 3. The minimum absolute atomic E-state index is 0.113. The molecule has 0 bridgehead atoms. The number of phenolic OH excluding ortho intramolecular Hbond substituents is 1. The third-order valence-electron chi connectivity index (χ3n) is 17.4. The van der Waals surface area contributed by atoms with Gasteiger partial charge < -0.3 is 40.5 Å². The molecular weight excluding hydrogens is 1310 g/mol. The zero-order valence-corrected chi connectivity index (χ0v) is 56.7. The highest BCUT2D eigenvalue weighted by molar-refractivity contribution is 5.93. The van der Waals surface area contributed by atoms with Gasteiger partial charge in [-0.25, -0.2) is 62.0 Å². The van der Waals surface area contributed by atoms with Gasteiger partial charge in [0.2, 0.25) is 34.9 Å². The lowest BCUT2D eigenvalue weighted by Gasteiger charge is -2.30. The van der Waals surface area contributed by atoms with Crippen LogP contribution in [0.15, 0.2) is 166 Å². The zero-order valence-electron chi connectivity index (χ0n) is 56.7. The maximum absolute atomic E-state index is 14.5. The summed E-state index contributed by atoms with van der Waals surface area (Å²) in [4.78, 5) is 78.5. The Labute approximate surface area is 594 Å². The van der Waals surface area contributed by atoms with Crippen LogP contribution in [0.1, 0.15) is 74.5 Å². The van der Waals surface area contributed by atoms with Crippen molar-refractivity contribution < 1.29 is 41.8 Å². The SMILES string of the molecule is [C-]#[N+]c1cnc(Nc2ccc(F)c(N3CCCCC3)c2)nc1-c1ccc(F)c(CC(=O)C=C)c1.[C-]#[N+]c1cnc(Nc2ccc(O)c(N3CCCCC3)c2)nc1-c1ccc(F)c(CC(=O)C=C)c1.[C-]#[N+]c1cnc(Nc2ccc(OC)c(N3CCCCC3)c2)nc1-c1ccc(F)c(CC(=O)C=C)c1. The number of methoxy groups -OCH3 is 1. The van der Waals surface area contributed by atoms with Gasteiger partial charge in [-0.1, -0.05) is 37.9 Å². The first kappa shape index (κ1) is 73.1. The molecule has 0 unspecified atom stereocenters. The predicted octanol–water partition coefficient (Wildman–Crippen LogP) is 17.4. The Morgan fingerprint density at radius 1 is 0.456 bits per heavy atom. The van der Waals surface area contributed by atoms with E-state index in [1.165, 1.54) is 80.0 Å². The normalized spacial score (nSPS) is 13.2. The number of anilines is 9. The molecule has 24 heteroatoms. The summed E-state index contributed by atoms with van der Waals surface area (Å²) in [6.07, 6.45) is 17.4. The van der Waals surface area contributed by atoms with Crippen molar-refractivity contribution in [2.45, 2.75) is 77.0 Å². The minimum Gasteiger partial charge on any atom is -0.506 e. The Hall–Kier alpha value is -12.6. The van der Waals surface area contributed by atoms with E-state index in [1.54, 1.807) is 43.5 Å². The third-order valence-corrected chi connectivity index (χ3v) is 17.4.